The summed E-state index contributed by atoms with van der Waals surface area (Å²) in [6, 6.07) is 9.91. The number of amides is 1. The number of nitrogens with zero attached hydrogens (tertiary/aromatic N) is 6. The van der Waals surface area contributed by atoms with Crippen LogP contribution in [0.5, 0.6) is 0 Å². The Morgan fingerprint density at radius 2 is 1.76 bits per heavy atom. The van der Waals surface area contributed by atoms with Crippen molar-refractivity contribution in [3.63, 3.8) is 0 Å². The molecule has 8 nitrogen and oxygen atoms in total. The van der Waals surface area contributed by atoms with Crippen LogP contribution in [0.15, 0.2) is 42.6 Å². The zero-order valence-electron chi connectivity index (χ0n) is 30.3. The zero-order chi connectivity index (χ0) is 35.8. The van der Waals surface area contributed by atoms with Gasteiger partial charge in [0.25, 0.3) is 0 Å². The zero-order valence-corrected chi connectivity index (χ0v) is 30.3. The summed E-state index contributed by atoms with van der Waals surface area (Å²) >= 11 is 0. The monoisotopic (exact) mass is 682 g/mol. The molecule has 264 valence electrons. The molecule has 1 amide bonds. The van der Waals surface area contributed by atoms with Crippen molar-refractivity contribution < 1.29 is 18.3 Å². The first kappa shape index (κ1) is 35.5. The number of carbonyl (C=O) groups is 1. The average molecular weight is 683 g/mol. The number of hydrogen-bond acceptors (Lipinski definition) is 7. The third-order valence-corrected chi connectivity index (χ3v) is 10.0. The maximum atomic E-state index is 16.8. The highest BCUT2D eigenvalue weighted by Gasteiger charge is 2.45. The fourth-order valence-corrected chi connectivity index (χ4v) is 7.84. The molecule has 3 aliphatic rings. The van der Waals surface area contributed by atoms with E-state index in [9.17, 15) is 4.79 Å². The Morgan fingerprint density at radius 3 is 2.40 bits per heavy atom. The van der Waals surface area contributed by atoms with Crippen LogP contribution in [0.3, 0.4) is 0 Å². The Balaban J connectivity index is 0.00000212. The molecule has 10 heteroatoms. The Bertz CT molecular complexity index is 1950. The summed E-state index contributed by atoms with van der Waals surface area (Å²) in [6.07, 6.45) is 6.87. The number of likely N-dealkylation sites (tertiary alicyclic amines) is 1. The minimum absolute atomic E-state index is 0.0227. The van der Waals surface area contributed by atoms with Crippen LogP contribution in [0, 0.1) is 23.5 Å². The lowest BCUT2D eigenvalue weighted by atomic mass is 9.91. The van der Waals surface area contributed by atoms with Gasteiger partial charge in [-0.15, -0.1) is 0 Å². The van der Waals surface area contributed by atoms with Crippen molar-refractivity contribution in [1.82, 2.24) is 24.8 Å². The van der Waals surface area contributed by atoms with E-state index in [1.807, 2.05) is 39.5 Å². The molecule has 3 saturated heterocycles. The Kier molecular flexibility index (Phi) is 10.0. The van der Waals surface area contributed by atoms with E-state index in [2.05, 4.69) is 40.6 Å². The SMILES string of the molecule is CC.CCCC1(C#Cc2nc(N3CC4CCC(C3)N4C(=O)OC(C)(C)C)c3cnc(-c4cccc5cccc(F)c45)c(F)c3n2)CCCN1C. The van der Waals surface area contributed by atoms with Crippen LogP contribution in [0.2, 0.25) is 0 Å². The summed E-state index contributed by atoms with van der Waals surface area (Å²) in [7, 11) is 2.10. The van der Waals surface area contributed by atoms with Crippen molar-refractivity contribution in [1.29, 1.82) is 0 Å². The van der Waals surface area contributed by atoms with E-state index in [1.165, 1.54) is 6.07 Å². The predicted molar refractivity (Wildman–Crippen MR) is 195 cm³/mol. The molecular formula is C40H48F2N6O2. The van der Waals surface area contributed by atoms with Gasteiger partial charge in [0, 0.05) is 30.2 Å². The normalized spacial score (nSPS) is 21.9. The lowest BCUT2D eigenvalue weighted by molar-refractivity contribution is 0.0123. The van der Waals surface area contributed by atoms with Crippen LogP contribution < -0.4 is 4.90 Å². The number of piperazine rings is 1. The van der Waals surface area contributed by atoms with Crippen LogP contribution in [0.4, 0.5) is 19.4 Å². The molecule has 50 heavy (non-hydrogen) atoms. The molecule has 7 rings (SSSR count). The van der Waals surface area contributed by atoms with Gasteiger partial charge < -0.3 is 9.64 Å². The highest BCUT2D eigenvalue weighted by molar-refractivity contribution is 5.99. The standard InChI is InChI=1S/C38H42F2N6O2.C2H6/c1-6-17-38(18-9-20-44(38)5)19-16-30-42-34-28(21-41-33(32(34)40)27-12-7-10-24-11-8-13-29(39)31(24)27)35(43-30)45-22-25-14-15-26(23-45)46(25)36(47)48-37(2,3)4;1-2/h7-8,10-13,21,25-26H,6,9,14-15,17-18,20,22-23H2,1-5H3;1-2H3. The molecule has 3 aliphatic heterocycles. The molecule has 0 aliphatic carbocycles. The largest absolute Gasteiger partial charge is 0.444 e. The predicted octanol–water partition coefficient (Wildman–Crippen LogP) is 8.35. The number of halogens is 2. The molecule has 3 fully saturated rings. The highest BCUT2D eigenvalue weighted by atomic mass is 19.1. The van der Waals surface area contributed by atoms with Gasteiger partial charge in [-0.2, -0.15) is 0 Å². The molecule has 2 aromatic carbocycles. The Hall–Kier alpha value is -4.36. The highest BCUT2D eigenvalue weighted by Crippen LogP contribution is 2.38. The fraction of sp³-hybridized carbons (Fsp3) is 0.500. The minimum Gasteiger partial charge on any atom is -0.444 e. The molecule has 3 atom stereocenters. The van der Waals surface area contributed by atoms with E-state index in [1.54, 1.807) is 36.5 Å². The topological polar surface area (TPSA) is 74.7 Å². The smallest absolute Gasteiger partial charge is 0.410 e. The summed E-state index contributed by atoms with van der Waals surface area (Å²) in [6.45, 7) is 13.8. The van der Waals surface area contributed by atoms with Crippen LogP contribution in [0.25, 0.3) is 32.9 Å². The lowest BCUT2D eigenvalue weighted by Crippen LogP contribution is -2.57. The molecule has 5 heterocycles. The number of anilines is 1. The third-order valence-electron chi connectivity index (χ3n) is 10.0. The van der Waals surface area contributed by atoms with E-state index in [0.29, 0.717) is 40.6 Å². The van der Waals surface area contributed by atoms with Crippen molar-refractivity contribution in [3.05, 3.63) is 60.1 Å². The lowest BCUT2D eigenvalue weighted by Gasteiger charge is -2.42. The van der Waals surface area contributed by atoms with Gasteiger partial charge in [0.2, 0.25) is 5.82 Å². The minimum atomic E-state index is -0.647. The van der Waals surface area contributed by atoms with Crippen molar-refractivity contribution in [3.8, 4) is 23.1 Å². The van der Waals surface area contributed by atoms with Crippen LogP contribution in [0.1, 0.15) is 85.9 Å². The summed E-state index contributed by atoms with van der Waals surface area (Å²) in [5, 5.41) is 1.42. The first-order valence-corrected chi connectivity index (χ1v) is 18.0. The third kappa shape index (κ3) is 6.60. The van der Waals surface area contributed by atoms with Gasteiger partial charge in [-0.1, -0.05) is 63.4 Å². The van der Waals surface area contributed by atoms with E-state index < -0.39 is 17.2 Å². The summed E-state index contributed by atoms with van der Waals surface area (Å²) in [5.74, 6) is 6.44. The summed E-state index contributed by atoms with van der Waals surface area (Å²) in [5.41, 5.74) is -0.409. The molecule has 2 bridgehead atoms. The van der Waals surface area contributed by atoms with E-state index >= 15 is 8.78 Å². The Morgan fingerprint density at radius 1 is 1.06 bits per heavy atom. The van der Waals surface area contributed by atoms with E-state index in [0.717, 1.165) is 45.1 Å². The summed E-state index contributed by atoms with van der Waals surface area (Å²) < 4.78 is 37.7. The molecule has 3 unspecified atom stereocenters. The first-order valence-electron chi connectivity index (χ1n) is 18.0. The molecule has 0 saturated carbocycles. The van der Waals surface area contributed by atoms with E-state index in [-0.39, 0.29) is 40.8 Å². The second-order valence-corrected chi connectivity index (χ2v) is 14.4. The maximum absolute atomic E-state index is 16.8. The number of pyridine rings is 1. The molecular weight excluding hydrogens is 634 g/mol. The van der Waals surface area contributed by atoms with Gasteiger partial charge in [-0.05, 0) is 83.8 Å². The fourth-order valence-electron chi connectivity index (χ4n) is 7.84. The van der Waals surface area contributed by atoms with Gasteiger partial charge in [-0.25, -0.2) is 23.5 Å². The summed E-state index contributed by atoms with van der Waals surface area (Å²) in [4.78, 5) is 33.7. The van der Waals surface area contributed by atoms with Gasteiger partial charge in [0.05, 0.1) is 23.0 Å². The molecule has 4 aromatic rings. The number of aromatic nitrogens is 3. The van der Waals surface area contributed by atoms with Gasteiger partial charge in [0.15, 0.2) is 5.82 Å². The van der Waals surface area contributed by atoms with Crippen LogP contribution >= 0.6 is 0 Å². The number of benzene rings is 2. The van der Waals surface area contributed by atoms with Crippen molar-refractivity contribution in [2.45, 2.75) is 103 Å². The van der Waals surface area contributed by atoms with Crippen LogP contribution in [-0.2, 0) is 4.74 Å². The first-order chi connectivity index (χ1) is 24.0. The molecule has 0 N–H and O–H groups in total. The molecule has 0 spiro atoms. The van der Waals surface area contributed by atoms with E-state index in [4.69, 9.17) is 14.7 Å². The average Bonchev–Trinajstić information content (AvgIpc) is 3.58. The van der Waals surface area contributed by atoms with Crippen LogP contribution in [-0.4, -0.2) is 80.8 Å². The van der Waals surface area contributed by atoms with Gasteiger partial charge >= 0.3 is 6.09 Å². The van der Waals surface area contributed by atoms with Crippen molar-refractivity contribution in [2.75, 3.05) is 31.6 Å². The quantitative estimate of drug-likeness (QED) is 0.200. The molecule has 0 radical (unpaired) electrons. The van der Waals surface area contributed by atoms with Crippen molar-refractivity contribution in [2.24, 2.45) is 0 Å². The second-order valence-electron chi connectivity index (χ2n) is 14.4. The number of ether oxygens (including phenoxy) is 1. The molecule has 2 aromatic heterocycles. The Labute approximate surface area is 294 Å². The number of carbonyl (C=O) groups excluding carboxylic acids is 1. The number of hydrogen-bond donors (Lipinski definition) is 0. The number of rotatable bonds is 4. The van der Waals surface area contributed by atoms with Crippen molar-refractivity contribution >= 4 is 33.6 Å². The number of fused-ring (bicyclic) bond motifs is 4. The van der Waals surface area contributed by atoms with Gasteiger partial charge in [-0.3, -0.25) is 14.8 Å². The second kappa shape index (κ2) is 14.1. The van der Waals surface area contributed by atoms with Gasteiger partial charge in [0.1, 0.15) is 28.4 Å². The maximum Gasteiger partial charge on any atom is 0.410 e.